The Kier molecular flexibility index (Phi) is 5.59. The molecule has 2 nitrogen and oxygen atoms in total. The van der Waals surface area contributed by atoms with Gasteiger partial charge in [-0.2, -0.15) is 0 Å². The Morgan fingerprint density at radius 3 is 2.65 bits per heavy atom. The summed E-state index contributed by atoms with van der Waals surface area (Å²) in [5.74, 6) is 0. The Morgan fingerprint density at radius 2 is 2.12 bits per heavy atom. The second kappa shape index (κ2) is 6.72. The van der Waals surface area contributed by atoms with Crippen molar-refractivity contribution in [1.82, 2.24) is 4.90 Å². The Balaban J connectivity index is 2.78. The number of nitrogens with zero attached hydrogens (tertiary/aromatic N) is 1. The summed E-state index contributed by atoms with van der Waals surface area (Å²) in [5, 5.41) is 0. The van der Waals surface area contributed by atoms with Crippen molar-refractivity contribution >= 4 is 17.2 Å². The summed E-state index contributed by atoms with van der Waals surface area (Å²) in [6.07, 6.45) is 1.17. The molecule has 0 spiro atoms. The Morgan fingerprint density at radius 1 is 1.41 bits per heavy atom. The van der Waals surface area contributed by atoms with Crippen molar-refractivity contribution in [3.63, 3.8) is 0 Å². The normalized spacial score (nSPS) is 11.1. The van der Waals surface area contributed by atoms with Crippen LogP contribution in [0, 0.1) is 0 Å². The third-order valence-electron chi connectivity index (χ3n) is 2.84. The molecular weight excluding hydrogens is 228 g/mol. The van der Waals surface area contributed by atoms with Gasteiger partial charge >= 0.3 is 0 Å². The molecular formula is C14H22N2S. The van der Waals surface area contributed by atoms with Crippen LogP contribution in [0.4, 0.5) is 0 Å². The summed E-state index contributed by atoms with van der Waals surface area (Å²) in [7, 11) is 0. The molecule has 0 aliphatic heterocycles. The van der Waals surface area contributed by atoms with Gasteiger partial charge in [-0.1, -0.05) is 37.3 Å². The van der Waals surface area contributed by atoms with Gasteiger partial charge in [0.25, 0.3) is 0 Å². The standard InChI is InChI=1S/C14H22N2S/c1-4-8-16(11(2)3)10-12-6-5-7-13(9-12)14(15)17/h5-7,9,11H,4,8,10H2,1-3H3,(H2,15,17). The molecule has 0 radical (unpaired) electrons. The lowest BCUT2D eigenvalue weighted by atomic mass is 10.1. The van der Waals surface area contributed by atoms with Crippen LogP contribution < -0.4 is 5.73 Å². The predicted molar refractivity (Wildman–Crippen MR) is 78.2 cm³/mol. The average molecular weight is 250 g/mol. The van der Waals surface area contributed by atoms with Crippen LogP contribution in [0.3, 0.4) is 0 Å². The molecule has 0 unspecified atom stereocenters. The van der Waals surface area contributed by atoms with Gasteiger partial charge in [-0.25, -0.2) is 0 Å². The molecule has 0 fully saturated rings. The van der Waals surface area contributed by atoms with Crippen LogP contribution in [0.15, 0.2) is 24.3 Å². The van der Waals surface area contributed by atoms with Gasteiger partial charge in [-0.15, -0.1) is 0 Å². The smallest absolute Gasteiger partial charge is 0.103 e. The monoisotopic (exact) mass is 250 g/mol. The van der Waals surface area contributed by atoms with Gasteiger partial charge in [0.05, 0.1) is 0 Å². The molecule has 17 heavy (non-hydrogen) atoms. The minimum atomic E-state index is 0.471. The molecule has 1 aromatic carbocycles. The summed E-state index contributed by atoms with van der Waals surface area (Å²) in [5.41, 5.74) is 7.88. The van der Waals surface area contributed by atoms with Crippen molar-refractivity contribution < 1.29 is 0 Å². The summed E-state index contributed by atoms with van der Waals surface area (Å²) in [6, 6.07) is 8.77. The maximum absolute atomic E-state index is 5.65. The van der Waals surface area contributed by atoms with Gasteiger partial charge in [0, 0.05) is 18.2 Å². The quantitative estimate of drug-likeness (QED) is 0.787. The van der Waals surface area contributed by atoms with E-state index < -0.39 is 0 Å². The van der Waals surface area contributed by atoms with E-state index in [1.54, 1.807) is 0 Å². The van der Waals surface area contributed by atoms with Crippen LogP contribution in [0.1, 0.15) is 38.3 Å². The largest absolute Gasteiger partial charge is 0.389 e. The molecule has 0 bridgehead atoms. The number of hydrogen-bond donors (Lipinski definition) is 1. The lowest BCUT2D eigenvalue weighted by molar-refractivity contribution is 0.213. The van der Waals surface area contributed by atoms with E-state index in [4.69, 9.17) is 18.0 Å². The molecule has 0 heterocycles. The van der Waals surface area contributed by atoms with E-state index in [-0.39, 0.29) is 0 Å². The molecule has 1 rings (SSSR count). The van der Waals surface area contributed by atoms with Crippen LogP contribution in [-0.4, -0.2) is 22.5 Å². The molecule has 1 aromatic rings. The SMILES string of the molecule is CCCN(Cc1cccc(C(N)=S)c1)C(C)C. The van der Waals surface area contributed by atoms with Gasteiger partial charge in [0.1, 0.15) is 4.99 Å². The highest BCUT2D eigenvalue weighted by atomic mass is 32.1. The third kappa shape index (κ3) is 4.44. The zero-order valence-corrected chi connectivity index (χ0v) is 11.8. The molecule has 0 aliphatic rings. The maximum atomic E-state index is 5.65. The molecule has 0 aromatic heterocycles. The Labute approximate surface area is 110 Å². The van der Waals surface area contributed by atoms with Gasteiger partial charge in [-0.3, -0.25) is 4.90 Å². The third-order valence-corrected chi connectivity index (χ3v) is 3.07. The Bertz CT molecular complexity index is 374. The molecule has 94 valence electrons. The van der Waals surface area contributed by atoms with E-state index in [0.717, 1.165) is 18.7 Å². The fourth-order valence-electron chi connectivity index (χ4n) is 1.86. The highest BCUT2D eigenvalue weighted by Gasteiger charge is 2.09. The Hall–Kier alpha value is -0.930. The maximum Gasteiger partial charge on any atom is 0.103 e. The molecule has 3 heteroatoms. The fourth-order valence-corrected chi connectivity index (χ4v) is 1.99. The van der Waals surface area contributed by atoms with Crippen LogP contribution in [-0.2, 0) is 6.54 Å². The molecule has 0 saturated heterocycles. The van der Waals surface area contributed by atoms with E-state index in [0.29, 0.717) is 11.0 Å². The first-order chi connectivity index (χ1) is 8.04. The lowest BCUT2D eigenvalue weighted by Gasteiger charge is -2.26. The van der Waals surface area contributed by atoms with Crippen LogP contribution >= 0.6 is 12.2 Å². The van der Waals surface area contributed by atoms with E-state index in [1.165, 1.54) is 12.0 Å². The van der Waals surface area contributed by atoms with E-state index in [1.807, 2.05) is 12.1 Å². The molecule has 0 aliphatic carbocycles. The summed E-state index contributed by atoms with van der Waals surface area (Å²) >= 11 is 5.00. The van der Waals surface area contributed by atoms with Crippen LogP contribution in [0.2, 0.25) is 0 Å². The van der Waals surface area contributed by atoms with Crippen molar-refractivity contribution in [3.8, 4) is 0 Å². The van der Waals surface area contributed by atoms with Gasteiger partial charge in [0.15, 0.2) is 0 Å². The van der Waals surface area contributed by atoms with E-state index >= 15 is 0 Å². The van der Waals surface area contributed by atoms with Crippen molar-refractivity contribution in [3.05, 3.63) is 35.4 Å². The first-order valence-electron chi connectivity index (χ1n) is 6.17. The molecule has 0 atom stereocenters. The highest BCUT2D eigenvalue weighted by molar-refractivity contribution is 7.80. The number of rotatable bonds is 6. The summed E-state index contributed by atoms with van der Waals surface area (Å²) < 4.78 is 0. The first kappa shape index (κ1) is 14.1. The molecule has 2 N–H and O–H groups in total. The molecule has 0 amide bonds. The summed E-state index contributed by atoms with van der Waals surface area (Å²) in [6.45, 7) is 8.75. The molecule has 0 saturated carbocycles. The van der Waals surface area contributed by atoms with E-state index in [9.17, 15) is 0 Å². The number of benzene rings is 1. The van der Waals surface area contributed by atoms with Crippen molar-refractivity contribution in [2.45, 2.75) is 39.8 Å². The topological polar surface area (TPSA) is 29.3 Å². The lowest BCUT2D eigenvalue weighted by Crippen LogP contribution is -2.31. The predicted octanol–water partition coefficient (Wildman–Crippen LogP) is 2.94. The van der Waals surface area contributed by atoms with Gasteiger partial charge in [-0.05, 0) is 38.4 Å². The van der Waals surface area contributed by atoms with Crippen LogP contribution in [0.25, 0.3) is 0 Å². The average Bonchev–Trinajstić information content (AvgIpc) is 2.28. The second-order valence-corrected chi connectivity index (χ2v) is 5.07. The highest BCUT2D eigenvalue weighted by Crippen LogP contribution is 2.11. The minimum Gasteiger partial charge on any atom is -0.389 e. The zero-order chi connectivity index (χ0) is 12.8. The zero-order valence-electron chi connectivity index (χ0n) is 10.9. The first-order valence-corrected chi connectivity index (χ1v) is 6.58. The van der Waals surface area contributed by atoms with Gasteiger partial charge < -0.3 is 5.73 Å². The second-order valence-electron chi connectivity index (χ2n) is 4.63. The fraction of sp³-hybridized carbons (Fsp3) is 0.500. The van der Waals surface area contributed by atoms with Gasteiger partial charge in [0.2, 0.25) is 0 Å². The minimum absolute atomic E-state index is 0.471. The number of thiocarbonyl (C=S) groups is 1. The van der Waals surface area contributed by atoms with Crippen molar-refractivity contribution in [2.24, 2.45) is 5.73 Å². The van der Waals surface area contributed by atoms with Crippen molar-refractivity contribution in [1.29, 1.82) is 0 Å². The number of nitrogens with two attached hydrogens (primary N) is 1. The van der Waals surface area contributed by atoms with Crippen LogP contribution in [0.5, 0.6) is 0 Å². The van der Waals surface area contributed by atoms with E-state index in [2.05, 4.69) is 37.8 Å². The number of hydrogen-bond acceptors (Lipinski definition) is 2. The summed E-state index contributed by atoms with van der Waals surface area (Å²) in [4.78, 5) is 2.93. The van der Waals surface area contributed by atoms with Crippen molar-refractivity contribution in [2.75, 3.05) is 6.54 Å².